The Labute approximate surface area is 161 Å². The molecule has 5 nitrogen and oxygen atoms in total. The molecule has 26 heavy (non-hydrogen) atoms. The van der Waals surface area contributed by atoms with E-state index in [0.717, 1.165) is 16.8 Å². The number of carbonyl (C=O) groups is 1. The zero-order valence-electron chi connectivity index (χ0n) is 14.5. The summed E-state index contributed by atoms with van der Waals surface area (Å²) in [6, 6.07) is 10.9. The van der Waals surface area contributed by atoms with Gasteiger partial charge in [0.15, 0.2) is 5.17 Å². The molecule has 0 atom stereocenters. The Morgan fingerprint density at radius 1 is 1.15 bits per heavy atom. The molecule has 7 heteroatoms. The van der Waals surface area contributed by atoms with E-state index < -0.39 is 0 Å². The van der Waals surface area contributed by atoms with Gasteiger partial charge in [-0.15, -0.1) is 0 Å². The monoisotopic (exact) mass is 388 g/mol. The molecular weight excluding hydrogens is 372 g/mol. The fourth-order valence-electron chi connectivity index (χ4n) is 2.37. The second-order valence-electron chi connectivity index (χ2n) is 5.52. The Hall–Kier alpha value is -2.44. The minimum absolute atomic E-state index is 0.202. The lowest BCUT2D eigenvalue weighted by atomic mass is 10.1. The number of thioether (sulfide) groups is 1. The zero-order chi connectivity index (χ0) is 18.7. The first-order valence-electron chi connectivity index (χ1n) is 7.78. The average molecular weight is 389 g/mol. The summed E-state index contributed by atoms with van der Waals surface area (Å²) in [5.41, 5.74) is 2.49. The predicted molar refractivity (Wildman–Crippen MR) is 107 cm³/mol. The maximum absolute atomic E-state index is 12.3. The highest BCUT2D eigenvalue weighted by molar-refractivity contribution is 8.18. The molecule has 1 aliphatic heterocycles. The van der Waals surface area contributed by atoms with E-state index >= 15 is 0 Å². The van der Waals surface area contributed by atoms with Gasteiger partial charge >= 0.3 is 0 Å². The summed E-state index contributed by atoms with van der Waals surface area (Å²) in [6.07, 6.45) is 1.77. The van der Waals surface area contributed by atoms with E-state index in [9.17, 15) is 4.79 Å². The molecule has 0 aromatic heterocycles. The van der Waals surface area contributed by atoms with Crippen LogP contribution in [0, 0.1) is 6.92 Å². The Morgan fingerprint density at radius 3 is 2.69 bits per heavy atom. The molecule has 1 N–H and O–H groups in total. The Bertz CT molecular complexity index is 925. The molecule has 1 saturated heterocycles. The fraction of sp³-hybridized carbons (Fsp3) is 0.158. The molecule has 0 saturated carbocycles. The first-order valence-corrected chi connectivity index (χ1v) is 8.97. The van der Waals surface area contributed by atoms with Crippen LogP contribution in [0.15, 0.2) is 46.3 Å². The second kappa shape index (κ2) is 7.85. The Balaban J connectivity index is 1.89. The number of aliphatic imine (C=N–C) groups is 1. The number of hydrogen-bond acceptors (Lipinski definition) is 5. The zero-order valence-corrected chi connectivity index (χ0v) is 16.1. The van der Waals surface area contributed by atoms with Gasteiger partial charge in [0.2, 0.25) is 0 Å². The van der Waals surface area contributed by atoms with Crippen molar-refractivity contribution < 1.29 is 14.3 Å². The van der Waals surface area contributed by atoms with Crippen LogP contribution >= 0.6 is 23.4 Å². The molecular formula is C19H17ClN2O3S. The molecule has 3 rings (SSSR count). The number of benzene rings is 2. The molecule has 2 aromatic rings. The molecule has 0 bridgehead atoms. The number of rotatable bonds is 4. The maximum atomic E-state index is 12.3. The van der Waals surface area contributed by atoms with Gasteiger partial charge in [0.05, 0.1) is 24.8 Å². The third kappa shape index (κ3) is 4.03. The third-order valence-corrected chi connectivity index (χ3v) is 4.92. The van der Waals surface area contributed by atoms with Crippen LogP contribution in [0.25, 0.3) is 6.08 Å². The number of nitrogens with zero attached hydrogens (tertiary/aromatic N) is 1. The van der Waals surface area contributed by atoms with Crippen molar-refractivity contribution >= 4 is 46.2 Å². The van der Waals surface area contributed by atoms with E-state index in [1.807, 2.05) is 31.2 Å². The van der Waals surface area contributed by atoms with E-state index in [1.165, 1.54) is 11.8 Å². The van der Waals surface area contributed by atoms with Gasteiger partial charge in [0, 0.05) is 16.7 Å². The number of nitrogens with one attached hydrogen (secondary N) is 1. The molecule has 0 unspecified atom stereocenters. The van der Waals surface area contributed by atoms with Crippen molar-refractivity contribution in [3.8, 4) is 11.5 Å². The first kappa shape index (κ1) is 18.4. The minimum Gasteiger partial charge on any atom is -0.497 e. The molecule has 0 aliphatic carbocycles. The molecule has 1 heterocycles. The van der Waals surface area contributed by atoms with Gasteiger partial charge in [-0.2, -0.15) is 0 Å². The third-order valence-electron chi connectivity index (χ3n) is 3.77. The summed E-state index contributed by atoms with van der Waals surface area (Å²) in [7, 11) is 3.17. The standard InChI is InChI=1S/C19H17ClN2O3S/c1-11-4-6-13(20)9-15(11)21-19-22-18(23)17(26-19)8-12-5-7-14(24-2)10-16(12)25-3/h4-10H,1-3H3,(H,21,22,23)/b17-8-. The van der Waals surface area contributed by atoms with Crippen molar-refractivity contribution in [3.05, 3.63) is 57.5 Å². The molecule has 134 valence electrons. The van der Waals surface area contributed by atoms with Crippen molar-refractivity contribution in [1.29, 1.82) is 0 Å². The Morgan fingerprint density at radius 2 is 1.96 bits per heavy atom. The summed E-state index contributed by atoms with van der Waals surface area (Å²) in [6.45, 7) is 1.94. The number of hydrogen-bond donors (Lipinski definition) is 1. The number of amidine groups is 1. The van der Waals surface area contributed by atoms with E-state index in [0.29, 0.717) is 26.6 Å². The van der Waals surface area contributed by atoms with Gasteiger partial charge in [0.1, 0.15) is 11.5 Å². The van der Waals surface area contributed by atoms with Crippen LogP contribution in [0.4, 0.5) is 5.69 Å². The topological polar surface area (TPSA) is 59.9 Å². The maximum Gasteiger partial charge on any atom is 0.264 e. The van der Waals surface area contributed by atoms with Gasteiger partial charge in [0.25, 0.3) is 5.91 Å². The van der Waals surface area contributed by atoms with E-state index in [2.05, 4.69) is 10.3 Å². The largest absolute Gasteiger partial charge is 0.497 e. The molecule has 1 aliphatic rings. The van der Waals surface area contributed by atoms with Crippen LogP contribution in [-0.4, -0.2) is 25.3 Å². The first-order chi connectivity index (χ1) is 12.5. The van der Waals surface area contributed by atoms with E-state index in [-0.39, 0.29) is 5.91 Å². The summed E-state index contributed by atoms with van der Waals surface area (Å²) in [5.74, 6) is 1.11. The summed E-state index contributed by atoms with van der Waals surface area (Å²) >= 11 is 7.30. The molecule has 2 aromatic carbocycles. The van der Waals surface area contributed by atoms with Crippen LogP contribution in [0.5, 0.6) is 11.5 Å². The smallest absolute Gasteiger partial charge is 0.264 e. The average Bonchev–Trinajstić information content (AvgIpc) is 2.97. The highest BCUT2D eigenvalue weighted by Crippen LogP contribution is 2.33. The lowest BCUT2D eigenvalue weighted by Gasteiger charge is -2.07. The van der Waals surface area contributed by atoms with Crippen molar-refractivity contribution in [2.24, 2.45) is 4.99 Å². The van der Waals surface area contributed by atoms with Gasteiger partial charge in [-0.1, -0.05) is 17.7 Å². The van der Waals surface area contributed by atoms with Crippen LogP contribution in [0.1, 0.15) is 11.1 Å². The lowest BCUT2D eigenvalue weighted by molar-refractivity contribution is -0.115. The van der Waals surface area contributed by atoms with E-state index in [1.54, 1.807) is 32.4 Å². The van der Waals surface area contributed by atoms with E-state index in [4.69, 9.17) is 21.1 Å². The molecule has 1 amide bonds. The number of halogens is 1. The van der Waals surface area contributed by atoms with Gasteiger partial charge < -0.3 is 14.8 Å². The second-order valence-corrected chi connectivity index (χ2v) is 6.99. The van der Waals surface area contributed by atoms with Crippen LogP contribution in [0.2, 0.25) is 5.02 Å². The van der Waals surface area contributed by atoms with Crippen LogP contribution in [-0.2, 0) is 4.79 Å². The number of carbonyl (C=O) groups excluding carboxylic acids is 1. The van der Waals surface area contributed by atoms with Crippen LogP contribution in [0.3, 0.4) is 0 Å². The Kier molecular flexibility index (Phi) is 5.54. The van der Waals surface area contributed by atoms with Crippen LogP contribution < -0.4 is 14.8 Å². The van der Waals surface area contributed by atoms with Gasteiger partial charge in [-0.05, 0) is 54.6 Å². The number of methoxy groups -OCH3 is 2. The number of ether oxygens (including phenoxy) is 2. The molecule has 1 fully saturated rings. The summed E-state index contributed by atoms with van der Waals surface area (Å²) < 4.78 is 10.6. The minimum atomic E-state index is -0.202. The van der Waals surface area contributed by atoms with Crippen molar-refractivity contribution in [3.63, 3.8) is 0 Å². The molecule has 0 spiro atoms. The van der Waals surface area contributed by atoms with Crippen molar-refractivity contribution in [1.82, 2.24) is 5.32 Å². The normalized spacial score (nSPS) is 16.8. The van der Waals surface area contributed by atoms with Crippen molar-refractivity contribution in [2.45, 2.75) is 6.92 Å². The molecule has 0 radical (unpaired) electrons. The van der Waals surface area contributed by atoms with Crippen molar-refractivity contribution in [2.75, 3.05) is 14.2 Å². The predicted octanol–water partition coefficient (Wildman–Crippen LogP) is 4.56. The van der Waals surface area contributed by atoms with Gasteiger partial charge in [-0.3, -0.25) is 4.79 Å². The number of aryl methyl sites for hydroxylation is 1. The summed E-state index contributed by atoms with van der Waals surface area (Å²) in [4.78, 5) is 17.3. The highest BCUT2D eigenvalue weighted by Gasteiger charge is 2.24. The number of amides is 1. The summed E-state index contributed by atoms with van der Waals surface area (Å²) in [5, 5.41) is 3.89. The fourth-order valence-corrected chi connectivity index (χ4v) is 3.36. The highest BCUT2D eigenvalue weighted by atomic mass is 35.5. The SMILES string of the molecule is COc1ccc(/C=C2\SC(=Nc3cc(Cl)ccc3C)NC2=O)c(OC)c1. The quantitative estimate of drug-likeness (QED) is 0.780. The lowest BCUT2D eigenvalue weighted by Crippen LogP contribution is -2.19. The van der Waals surface area contributed by atoms with Gasteiger partial charge in [-0.25, -0.2) is 4.99 Å².